The van der Waals surface area contributed by atoms with Gasteiger partial charge in [0.2, 0.25) is 0 Å². The Morgan fingerprint density at radius 2 is 2.06 bits per heavy atom. The van der Waals surface area contributed by atoms with Gasteiger partial charge in [0.15, 0.2) is 0 Å². The van der Waals surface area contributed by atoms with E-state index in [-0.39, 0.29) is 9.25 Å². The molecule has 16 heavy (non-hydrogen) atoms. The fourth-order valence-electron chi connectivity index (χ4n) is 1.71. The summed E-state index contributed by atoms with van der Waals surface area (Å²) in [5.74, 6) is 0. The Hall–Kier alpha value is -0.360. The summed E-state index contributed by atoms with van der Waals surface area (Å²) in [5, 5.41) is 6.15. The summed E-state index contributed by atoms with van der Waals surface area (Å²) in [6, 6.07) is 11.0. The molecule has 1 heterocycles. The summed E-state index contributed by atoms with van der Waals surface area (Å²) in [6.45, 7) is 4.28. The van der Waals surface area contributed by atoms with Crippen molar-refractivity contribution in [2.45, 2.75) is 25.1 Å². The van der Waals surface area contributed by atoms with Crippen molar-refractivity contribution in [2.75, 3.05) is 0 Å². The number of nitrogens with zero attached hydrogens (tertiary/aromatic N) is 1. The number of rotatable bonds is 2. The molecule has 2 nitrogen and oxygen atoms in total. The second kappa shape index (κ2) is 5.31. The first-order chi connectivity index (χ1) is 7.68. The van der Waals surface area contributed by atoms with Gasteiger partial charge in [-0.15, -0.1) is 0 Å². The van der Waals surface area contributed by atoms with Crippen molar-refractivity contribution in [2.24, 2.45) is 5.10 Å². The van der Waals surface area contributed by atoms with Crippen molar-refractivity contribution in [1.29, 1.82) is 0 Å². The van der Waals surface area contributed by atoms with Crippen LogP contribution in [0.3, 0.4) is 0 Å². The molecule has 1 aliphatic rings. The molecule has 0 aromatic heterocycles. The Morgan fingerprint density at radius 1 is 1.38 bits per heavy atom. The van der Waals surface area contributed by atoms with Gasteiger partial charge in [0, 0.05) is 11.8 Å². The standard InChI is InChI=1S/C11H15N2P2S/c1-8-11(9(2)13-12-8)16(14)15-10-6-4-3-5-7-10/h3-8,11-12,14H,1-2H3/q-1. The number of hydrazone groups is 1. The van der Waals surface area contributed by atoms with Gasteiger partial charge >= 0.3 is 0 Å². The van der Waals surface area contributed by atoms with Crippen molar-refractivity contribution < 1.29 is 0 Å². The minimum Gasteiger partial charge on any atom is -0.410 e. The van der Waals surface area contributed by atoms with Gasteiger partial charge in [-0.2, -0.15) is 5.10 Å². The van der Waals surface area contributed by atoms with Crippen molar-refractivity contribution >= 4 is 35.6 Å². The van der Waals surface area contributed by atoms with Crippen molar-refractivity contribution in [3.8, 4) is 0 Å². The summed E-state index contributed by atoms with van der Waals surface area (Å²) in [5.41, 5.74) is 4.35. The molecule has 0 saturated carbocycles. The molecule has 0 amide bonds. The number of hydrogen-bond acceptors (Lipinski definition) is 3. The van der Waals surface area contributed by atoms with E-state index >= 15 is 0 Å². The van der Waals surface area contributed by atoms with Crippen LogP contribution in [0.15, 0.2) is 35.4 Å². The lowest BCUT2D eigenvalue weighted by Crippen LogP contribution is -2.30. The average Bonchev–Trinajstić information content (AvgIpc) is 2.60. The summed E-state index contributed by atoms with van der Waals surface area (Å²) >= 11 is 0. The molecule has 0 bridgehead atoms. The van der Waals surface area contributed by atoms with Crippen LogP contribution in [-0.2, 0) is 9.25 Å². The van der Waals surface area contributed by atoms with Crippen LogP contribution in [0, 0.1) is 0 Å². The molecule has 1 N–H and O–H groups in total. The molecule has 0 fully saturated rings. The second-order valence-electron chi connectivity index (χ2n) is 3.83. The number of benzene rings is 1. The topological polar surface area (TPSA) is 24.4 Å². The van der Waals surface area contributed by atoms with E-state index < -0.39 is 0 Å². The predicted molar refractivity (Wildman–Crippen MR) is 78.2 cm³/mol. The fraction of sp³-hybridized carbons (Fsp3) is 0.364. The Labute approximate surface area is 102 Å². The van der Waals surface area contributed by atoms with Gasteiger partial charge < -0.3 is 14.7 Å². The highest BCUT2D eigenvalue weighted by atomic mass is 32.7. The highest BCUT2D eigenvalue weighted by Gasteiger charge is 2.17. The lowest BCUT2D eigenvalue weighted by molar-refractivity contribution is 0.643. The maximum absolute atomic E-state index is 4.30. The van der Waals surface area contributed by atoms with Crippen LogP contribution in [0.25, 0.3) is 0 Å². The monoisotopic (exact) mass is 269 g/mol. The molecular formula is C11H15N2P2S-. The Balaban J connectivity index is 2.26. The van der Waals surface area contributed by atoms with Gasteiger partial charge in [-0.3, -0.25) is 8.02 Å². The minimum atomic E-state index is 0.128. The average molecular weight is 269 g/mol. The molecule has 0 saturated heterocycles. The normalized spacial score (nSPS) is 26.2. The van der Waals surface area contributed by atoms with Gasteiger partial charge in [-0.05, 0) is 19.2 Å². The first kappa shape index (κ1) is 12.1. The minimum absolute atomic E-state index is 0.128. The van der Waals surface area contributed by atoms with Gasteiger partial charge in [-0.1, -0.05) is 35.6 Å². The molecule has 1 aromatic carbocycles. The maximum atomic E-state index is 4.30. The molecule has 0 radical (unpaired) electrons. The molecule has 1 aliphatic heterocycles. The molecule has 2 unspecified atom stereocenters. The van der Waals surface area contributed by atoms with Crippen LogP contribution < -0.4 is 10.7 Å². The fourth-order valence-corrected chi connectivity index (χ4v) is 7.63. The predicted octanol–water partition coefficient (Wildman–Crippen LogP) is 2.59. The highest BCUT2D eigenvalue weighted by Crippen LogP contribution is 2.17. The third-order valence-electron chi connectivity index (χ3n) is 2.51. The summed E-state index contributed by atoms with van der Waals surface area (Å²) in [4.78, 5) is 0. The Morgan fingerprint density at radius 3 is 2.62 bits per heavy atom. The zero-order valence-electron chi connectivity index (χ0n) is 9.34. The van der Waals surface area contributed by atoms with Crippen LogP contribution in [0.5, 0.6) is 0 Å². The van der Waals surface area contributed by atoms with Gasteiger partial charge in [-0.25, -0.2) is 7.36 Å². The van der Waals surface area contributed by atoms with Crippen LogP contribution in [0.1, 0.15) is 13.8 Å². The molecular weight excluding hydrogens is 254 g/mol. The molecule has 0 spiro atoms. The van der Waals surface area contributed by atoms with E-state index in [2.05, 4.69) is 62.7 Å². The Kier molecular flexibility index (Phi) is 4.02. The van der Waals surface area contributed by atoms with E-state index in [0.717, 1.165) is 0 Å². The molecule has 2 atom stereocenters. The summed E-state index contributed by atoms with van der Waals surface area (Å²) in [6.07, 6.45) is 0. The molecule has 5 heteroatoms. The molecule has 1 aromatic rings. The van der Waals surface area contributed by atoms with Gasteiger partial charge in [0.1, 0.15) is 0 Å². The third kappa shape index (κ3) is 2.66. The quantitative estimate of drug-likeness (QED) is 0.647. The maximum Gasteiger partial charge on any atom is 0.0309 e. The lowest BCUT2D eigenvalue weighted by atomic mass is 10.2. The largest absolute Gasteiger partial charge is 0.410 e. The SMILES string of the molecule is CC1=NNC(C)C1[S-](=P)=Pc1ccccc1. The van der Waals surface area contributed by atoms with E-state index in [9.17, 15) is 0 Å². The first-order valence-electron chi connectivity index (χ1n) is 5.19. The van der Waals surface area contributed by atoms with E-state index in [0.29, 0.717) is 11.3 Å². The second-order valence-corrected chi connectivity index (χ2v) is 9.75. The number of nitrogens with one attached hydrogen (secondary N) is 1. The number of hydrogen-bond donors (Lipinski definition) is 1. The lowest BCUT2D eigenvalue weighted by Gasteiger charge is -2.23. The zero-order valence-corrected chi connectivity index (χ0v) is 12.1. The molecule has 2 rings (SSSR count). The molecule has 86 valence electrons. The van der Waals surface area contributed by atoms with E-state index in [1.54, 1.807) is 0 Å². The van der Waals surface area contributed by atoms with Gasteiger partial charge in [0.05, 0.1) is 0 Å². The first-order valence-corrected chi connectivity index (χ1v) is 9.20. The third-order valence-corrected chi connectivity index (χ3v) is 7.93. The van der Waals surface area contributed by atoms with Crippen LogP contribution >= 0.6 is 15.4 Å². The summed E-state index contributed by atoms with van der Waals surface area (Å²) < 4.78 is 0. The van der Waals surface area contributed by atoms with E-state index in [4.69, 9.17) is 0 Å². The van der Waals surface area contributed by atoms with E-state index in [1.807, 2.05) is 0 Å². The van der Waals surface area contributed by atoms with Crippen LogP contribution in [0.2, 0.25) is 0 Å². The molecule has 0 aliphatic carbocycles. The van der Waals surface area contributed by atoms with Crippen molar-refractivity contribution in [3.63, 3.8) is 0 Å². The zero-order chi connectivity index (χ0) is 11.5. The highest BCUT2D eigenvalue weighted by molar-refractivity contribution is 8.34. The summed E-state index contributed by atoms with van der Waals surface area (Å²) in [7, 11) is 5.34. The Bertz CT molecular complexity index is 478. The smallest absolute Gasteiger partial charge is 0.0309 e. The van der Waals surface area contributed by atoms with Gasteiger partial charge in [0.25, 0.3) is 0 Å². The van der Waals surface area contributed by atoms with E-state index in [1.165, 1.54) is 18.4 Å². The van der Waals surface area contributed by atoms with Crippen molar-refractivity contribution in [3.05, 3.63) is 30.3 Å². The van der Waals surface area contributed by atoms with Crippen LogP contribution in [-0.4, -0.2) is 17.0 Å². The van der Waals surface area contributed by atoms with Crippen LogP contribution in [0.4, 0.5) is 0 Å². The van der Waals surface area contributed by atoms with Crippen molar-refractivity contribution in [1.82, 2.24) is 5.43 Å².